The van der Waals surface area contributed by atoms with Gasteiger partial charge in [0.15, 0.2) is 17.3 Å². The van der Waals surface area contributed by atoms with Gasteiger partial charge in [0.05, 0.1) is 13.3 Å². The summed E-state index contributed by atoms with van der Waals surface area (Å²) in [6, 6.07) is 10.7. The Morgan fingerprint density at radius 3 is 2.38 bits per heavy atom. The lowest BCUT2D eigenvalue weighted by atomic mass is 10.1. The van der Waals surface area contributed by atoms with Crippen molar-refractivity contribution in [2.45, 2.75) is 26.6 Å². The molecular weight excluding hydrogens is 386 g/mol. The van der Waals surface area contributed by atoms with Gasteiger partial charge in [-0.2, -0.15) is 8.78 Å². The second kappa shape index (κ2) is 10.2. The molecule has 0 aromatic heterocycles. The van der Waals surface area contributed by atoms with Crippen molar-refractivity contribution < 1.29 is 32.7 Å². The molecule has 29 heavy (non-hydrogen) atoms. The van der Waals surface area contributed by atoms with Crippen molar-refractivity contribution in [3.05, 3.63) is 53.6 Å². The second-order valence-corrected chi connectivity index (χ2v) is 5.89. The Bertz CT molecular complexity index is 885. The monoisotopic (exact) mass is 406 g/mol. The first-order valence-electron chi connectivity index (χ1n) is 8.54. The number of oxime groups is 1. The molecule has 0 fully saturated rings. The van der Waals surface area contributed by atoms with Gasteiger partial charge in [0, 0.05) is 16.8 Å². The van der Waals surface area contributed by atoms with Crippen LogP contribution in [0.2, 0.25) is 0 Å². The number of hydrogen-bond donors (Lipinski definition) is 1. The fourth-order valence-corrected chi connectivity index (χ4v) is 2.22. The summed E-state index contributed by atoms with van der Waals surface area (Å²) < 4.78 is 34.0. The van der Waals surface area contributed by atoms with Gasteiger partial charge in [0.25, 0.3) is 5.91 Å². The van der Waals surface area contributed by atoms with Crippen LogP contribution in [0.3, 0.4) is 0 Å². The van der Waals surface area contributed by atoms with Crippen LogP contribution in [0.15, 0.2) is 47.6 Å². The molecule has 2 aromatic carbocycles. The van der Waals surface area contributed by atoms with Gasteiger partial charge in [-0.3, -0.25) is 9.59 Å². The van der Waals surface area contributed by atoms with Crippen molar-refractivity contribution in [1.82, 2.24) is 0 Å². The maximum absolute atomic E-state index is 12.3. The summed E-state index contributed by atoms with van der Waals surface area (Å²) in [5.41, 5.74) is 1.55. The molecule has 1 unspecified atom stereocenters. The van der Waals surface area contributed by atoms with Crippen LogP contribution in [0.25, 0.3) is 0 Å². The fourth-order valence-electron chi connectivity index (χ4n) is 2.22. The van der Waals surface area contributed by atoms with Gasteiger partial charge >= 0.3 is 6.61 Å². The molecular formula is C20H20F2N2O5. The lowest BCUT2D eigenvalue weighted by Gasteiger charge is -2.11. The molecule has 0 heterocycles. The topological polar surface area (TPSA) is 86.2 Å². The normalized spacial score (nSPS) is 11.9. The number of ketones is 1. The average Bonchev–Trinajstić information content (AvgIpc) is 2.68. The van der Waals surface area contributed by atoms with E-state index in [1.165, 1.54) is 45.4 Å². The molecule has 1 atom stereocenters. The highest BCUT2D eigenvalue weighted by molar-refractivity contribution is 5.96. The summed E-state index contributed by atoms with van der Waals surface area (Å²) in [6.07, 6.45) is 0.405. The van der Waals surface area contributed by atoms with E-state index in [1.807, 2.05) is 0 Å². The highest BCUT2D eigenvalue weighted by atomic mass is 19.3. The van der Waals surface area contributed by atoms with E-state index in [2.05, 4.69) is 15.2 Å². The number of alkyl halides is 2. The van der Waals surface area contributed by atoms with E-state index in [1.54, 1.807) is 24.3 Å². The highest BCUT2D eigenvalue weighted by Crippen LogP contribution is 2.28. The summed E-state index contributed by atoms with van der Waals surface area (Å²) in [4.78, 5) is 28.5. The summed E-state index contributed by atoms with van der Waals surface area (Å²) >= 11 is 0. The number of benzene rings is 2. The van der Waals surface area contributed by atoms with Crippen molar-refractivity contribution in [2.24, 2.45) is 5.16 Å². The third-order valence-electron chi connectivity index (χ3n) is 3.75. The first-order chi connectivity index (χ1) is 13.8. The largest absolute Gasteiger partial charge is 0.493 e. The first-order valence-corrected chi connectivity index (χ1v) is 8.54. The predicted octanol–water partition coefficient (Wildman–Crippen LogP) is 3.88. The minimum Gasteiger partial charge on any atom is -0.493 e. The van der Waals surface area contributed by atoms with Crippen molar-refractivity contribution in [3.63, 3.8) is 0 Å². The maximum atomic E-state index is 12.3. The molecule has 2 aromatic rings. The zero-order chi connectivity index (χ0) is 21.4. The third kappa shape index (κ3) is 6.56. The quantitative estimate of drug-likeness (QED) is 0.388. The maximum Gasteiger partial charge on any atom is 0.387 e. The standard InChI is InChI=1S/C20H20F2N2O5/c1-12(25)15-5-7-16(8-6-15)24-19(26)13(2)29-23-11-14-4-9-17(28-20(21)22)18(10-14)27-3/h4-11,13,20H,1-3H3,(H,24,26)/b23-11+. The molecule has 154 valence electrons. The molecule has 0 bridgehead atoms. The van der Waals surface area contributed by atoms with Crippen molar-refractivity contribution in [2.75, 3.05) is 12.4 Å². The van der Waals surface area contributed by atoms with Crippen LogP contribution in [0.1, 0.15) is 29.8 Å². The van der Waals surface area contributed by atoms with Gasteiger partial charge in [0.1, 0.15) is 0 Å². The van der Waals surface area contributed by atoms with Crippen LogP contribution in [-0.2, 0) is 9.63 Å². The molecule has 1 N–H and O–H groups in total. The van der Waals surface area contributed by atoms with Crippen molar-refractivity contribution in [1.29, 1.82) is 0 Å². The zero-order valence-electron chi connectivity index (χ0n) is 16.0. The number of anilines is 1. The first kappa shape index (κ1) is 21.8. The Morgan fingerprint density at radius 1 is 1.10 bits per heavy atom. The lowest BCUT2D eigenvalue weighted by Crippen LogP contribution is -2.26. The van der Waals surface area contributed by atoms with Gasteiger partial charge in [-0.05, 0) is 56.3 Å². The van der Waals surface area contributed by atoms with E-state index in [0.29, 0.717) is 16.8 Å². The fraction of sp³-hybridized carbons (Fsp3) is 0.250. The number of amides is 1. The van der Waals surface area contributed by atoms with Crippen LogP contribution in [0.4, 0.5) is 14.5 Å². The Kier molecular flexibility index (Phi) is 7.64. The number of ether oxygens (including phenoxy) is 2. The molecule has 9 heteroatoms. The summed E-state index contributed by atoms with van der Waals surface area (Å²) in [5.74, 6) is -0.506. The Balaban J connectivity index is 1.93. The molecule has 7 nitrogen and oxygen atoms in total. The van der Waals surface area contributed by atoms with Crippen LogP contribution in [0, 0.1) is 0 Å². The smallest absolute Gasteiger partial charge is 0.387 e. The van der Waals surface area contributed by atoms with Crippen LogP contribution in [-0.4, -0.2) is 37.7 Å². The summed E-state index contributed by atoms with van der Waals surface area (Å²) in [5, 5.41) is 6.38. The molecule has 0 radical (unpaired) electrons. The number of halogens is 2. The Morgan fingerprint density at radius 2 is 1.79 bits per heavy atom. The van der Waals surface area contributed by atoms with Crippen LogP contribution >= 0.6 is 0 Å². The highest BCUT2D eigenvalue weighted by Gasteiger charge is 2.15. The lowest BCUT2D eigenvalue weighted by molar-refractivity contribution is -0.126. The van der Waals surface area contributed by atoms with Gasteiger partial charge in [0.2, 0.25) is 6.10 Å². The minimum absolute atomic E-state index is 0.0700. The van der Waals surface area contributed by atoms with Crippen LogP contribution in [0.5, 0.6) is 11.5 Å². The summed E-state index contributed by atoms with van der Waals surface area (Å²) in [7, 11) is 1.32. The summed E-state index contributed by atoms with van der Waals surface area (Å²) in [6.45, 7) is -0.00228. The van der Waals surface area contributed by atoms with Gasteiger partial charge < -0.3 is 19.6 Å². The van der Waals surface area contributed by atoms with Gasteiger partial charge in [-0.25, -0.2) is 0 Å². The number of carbonyl (C=O) groups excluding carboxylic acids is 2. The number of nitrogens with zero attached hydrogens (tertiary/aromatic N) is 1. The molecule has 0 aliphatic carbocycles. The van der Waals surface area contributed by atoms with Gasteiger partial charge in [-0.15, -0.1) is 0 Å². The average molecular weight is 406 g/mol. The third-order valence-corrected chi connectivity index (χ3v) is 3.75. The number of nitrogens with one attached hydrogen (secondary N) is 1. The van der Waals surface area contributed by atoms with Gasteiger partial charge in [-0.1, -0.05) is 5.16 Å². The van der Waals surface area contributed by atoms with E-state index in [-0.39, 0.29) is 17.3 Å². The molecule has 0 saturated heterocycles. The molecule has 0 aliphatic heterocycles. The van der Waals surface area contributed by atoms with Crippen molar-refractivity contribution >= 4 is 23.6 Å². The van der Waals surface area contributed by atoms with Crippen LogP contribution < -0.4 is 14.8 Å². The number of methoxy groups -OCH3 is 1. The van der Waals surface area contributed by atoms with E-state index >= 15 is 0 Å². The molecule has 0 spiro atoms. The second-order valence-electron chi connectivity index (χ2n) is 5.89. The van der Waals surface area contributed by atoms with E-state index < -0.39 is 18.6 Å². The van der Waals surface area contributed by atoms with E-state index in [4.69, 9.17) is 9.57 Å². The Hall–Kier alpha value is -3.49. The number of Topliss-reactive ketones (excluding diaryl/α,β-unsaturated/α-hetero) is 1. The number of carbonyl (C=O) groups is 2. The van der Waals surface area contributed by atoms with Crippen molar-refractivity contribution in [3.8, 4) is 11.5 Å². The zero-order valence-corrected chi connectivity index (χ0v) is 16.0. The number of rotatable bonds is 9. The molecule has 0 saturated carbocycles. The van der Waals surface area contributed by atoms with E-state index in [9.17, 15) is 18.4 Å². The SMILES string of the molecule is COc1cc(/C=N/OC(C)C(=O)Nc2ccc(C(C)=O)cc2)ccc1OC(F)F. The van der Waals surface area contributed by atoms with E-state index in [0.717, 1.165) is 0 Å². The molecule has 2 rings (SSSR count). The Labute approximate surface area is 166 Å². The number of hydrogen-bond acceptors (Lipinski definition) is 6. The molecule has 0 aliphatic rings. The molecule has 1 amide bonds. The minimum atomic E-state index is -2.97. The predicted molar refractivity (Wildman–Crippen MR) is 103 cm³/mol.